The fourth-order valence-corrected chi connectivity index (χ4v) is 4.28. The largest absolute Gasteiger partial charge is 0.363 e. The van der Waals surface area contributed by atoms with Crippen LogP contribution >= 0.6 is 11.3 Å². The molecule has 1 aliphatic rings. The van der Waals surface area contributed by atoms with Gasteiger partial charge in [-0.25, -0.2) is 4.98 Å². The molecular formula is C20H19N3O3S. The molecule has 0 atom stereocenters. The van der Waals surface area contributed by atoms with Gasteiger partial charge in [0.15, 0.2) is 0 Å². The van der Waals surface area contributed by atoms with Gasteiger partial charge < -0.3 is 4.74 Å². The standard InChI is InChI=1S/C20H19N3O3S/c1-14-10-16(23(24)25)11-17(22-14)18-12-21-19(27-18)20(8-5-9-20)26-13-15-6-3-2-4-7-15/h2-4,6-7,10-12H,5,8-9,13H2,1H3. The number of rotatable bonds is 6. The van der Waals surface area contributed by atoms with Crippen LogP contribution in [0.5, 0.6) is 0 Å². The molecule has 1 aliphatic carbocycles. The van der Waals surface area contributed by atoms with Crippen molar-refractivity contribution in [3.8, 4) is 10.6 Å². The van der Waals surface area contributed by atoms with E-state index in [0.717, 1.165) is 34.7 Å². The maximum Gasteiger partial charge on any atom is 0.273 e. The van der Waals surface area contributed by atoms with Crippen LogP contribution in [0, 0.1) is 17.0 Å². The number of nitrogens with zero attached hydrogens (tertiary/aromatic N) is 3. The van der Waals surface area contributed by atoms with E-state index in [9.17, 15) is 10.1 Å². The van der Waals surface area contributed by atoms with Crippen molar-refractivity contribution in [3.05, 3.63) is 75.0 Å². The summed E-state index contributed by atoms with van der Waals surface area (Å²) in [5, 5.41) is 12.0. The van der Waals surface area contributed by atoms with Crippen molar-refractivity contribution >= 4 is 17.0 Å². The Bertz CT molecular complexity index is 968. The zero-order valence-electron chi connectivity index (χ0n) is 14.9. The number of nitro groups is 1. The van der Waals surface area contributed by atoms with Crippen LogP contribution in [-0.4, -0.2) is 14.9 Å². The van der Waals surface area contributed by atoms with Crippen LogP contribution in [0.2, 0.25) is 0 Å². The molecule has 2 aromatic heterocycles. The number of hydrogen-bond acceptors (Lipinski definition) is 6. The van der Waals surface area contributed by atoms with E-state index in [-0.39, 0.29) is 11.3 Å². The zero-order valence-corrected chi connectivity index (χ0v) is 15.7. The maximum absolute atomic E-state index is 11.1. The van der Waals surface area contributed by atoms with E-state index in [4.69, 9.17) is 4.74 Å². The van der Waals surface area contributed by atoms with Crippen LogP contribution in [0.15, 0.2) is 48.7 Å². The molecule has 0 N–H and O–H groups in total. The smallest absolute Gasteiger partial charge is 0.273 e. The van der Waals surface area contributed by atoms with Crippen LogP contribution in [0.1, 0.15) is 35.5 Å². The van der Waals surface area contributed by atoms with Crippen LogP contribution in [0.4, 0.5) is 5.69 Å². The summed E-state index contributed by atoms with van der Waals surface area (Å²) in [5.41, 5.74) is 2.03. The topological polar surface area (TPSA) is 78.2 Å². The van der Waals surface area contributed by atoms with Crippen LogP contribution in [0.3, 0.4) is 0 Å². The molecule has 27 heavy (non-hydrogen) atoms. The minimum absolute atomic E-state index is 0.0473. The van der Waals surface area contributed by atoms with Crippen LogP contribution in [0.25, 0.3) is 10.6 Å². The summed E-state index contributed by atoms with van der Waals surface area (Å²) in [4.78, 5) is 20.6. The molecule has 7 heteroatoms. The summed E-state index contributed by atoms with van der Waals surface area (Å²) in [5.74, 6) is 0. The summed E-state index contributed by atoms with van der Waals surface area (Å²) < 4.78 is 6.29. The van der Waals surface area contributed by atoms with Gasteiger partial charge in [-0.15, -0.1) is 11.3 Å². The van der Waals surface area contributed by atoms with E-state index in [2.05, 4.69) is 22.1 Å². The molecule has 0 aliphatic heterocycles. The van der Waals surface area contributed by atoms with Crippen molar-refractivity contribution in [1.82, 2.24) is 9.97 Å². The monoisotopic (exact) mass is 381 g/mol. The van der Waals surface area contributed by atoms with Gasteiger partial charge >= 0.3 is 0 Å². The van der Waals surface area contributed by atoms with Gasteiger partial charge in [0, 0.05) is 24.0 Å². The van der Waals surface area contributed by atoms with Gasteiger partial charge in [0.25, 0.3) is 5.69 Å². The first kappa shape index (κ1) is 17.8. The van der Waals surface area contributed by atoms with E-state index < -0.39 is 4.92 Å². The lowest BCUT2D eigenvalue weighted by molar-refractivity contribution is -0.384. The van der Waals surface area contributed by atoms with Gasteiger partial charge in [-0.3, -0.25) is 15.1 Å². The number of benzene rings is 1. The Morgan fingerprint density at radius 3 is 2.70 bits per heavy atom. The van der Waals surface area contributed by atoms with Crippen LogP contribution in [-0.2, 0) is 16.9 Å². The normalized spacial score (nSPS) is 15.3. The molecule has 2 heterocycles. The molecule has 0 unspecified atom stereocenters. The molecule has 6 nitrogen and oxygen atoms in total. The molecule has 0 bridgehead atoms. The van der Waals surface area contributed by atoms with Gasteiger partial charge in [0.1, 0.15) is 10.6 Å². The molecule has 3 aromatic rings. The maximum atomic E-state index is 11.1. The molecule has 0 saturated heterocycles. The van der Waals surface area contributed by atoms with Gasteiger partial charge in [-0.2, -0.15) is 0 Å². The molecule has 1 saturated carbocycles. The number of hydrogen-bond donors (Lipinski definition) is 0. The SMILES string of the molecule is Cc1cc([N+](=O)[O-])cc(-c2cnc(C3(OCc4ccccc4)CCC3)s2)n1. The van der Waals surface area contributed by atoms with E-state index in [1.54, 1.807) is 13.1 Å². The Balaban J connectivity index is 1.58. The number of ether oxygens (including phenoxy) is 1. The first-order valence-electron chi connectivity index (χ1n) is 8.83. The van der Waals surface area contributed by atoms with Gasteiger partial charge in [0.05, 0.1) is 22.1 Å². The third kappa shape index (κ3) is 3.61. The van der Waals surface area contributed by atoms with E-state index in [0.29, 0.717) is 18.0 Å². The van der Waals surface area contributed by atoms with Crippen molar-refractivity contribution in [1.29, 1.82) is 0 Å². The zero-order chi connectivity index (χ0) is 18.9. The molecule has 0 spiro atoms. The van der Waals surface area contributed by atoms with E-state index >= 15 is 0 Å². The molecular weight excluding hydrogens is 362 g/mol. The molecule has 4 rings (SSSR count). The number of thiazole rings is 1. The Kier molecular flexibility index (Phi) is 4.72. The Morgan fingerprint density at radius 1 is 1.26 bits per heavy atom. The third-order valence-corrected chi connectivity index (χ3v) is 6.02. The number of aromatic nitrogens is 2. The number of pyridine rings is 1. The summed E-state index contributed by atoms with van der Waals surface area (Å²) >= 11 is 1.51. The highest BCUT2D eigenvalue weighted by molar-refractivity contribution is 7.15. The summed E-state index contributed by atoms with van der Waals surface area (Å²) in [6, 6.07) is 13.1. The highest BCUT2D eigenvalue weighted by Crippen LogP contribution is 2.47. The quantitative estimate of drug-likeness (QED) is 0.443. The Hall–Kier alpha value is -2.64. The highest BCUT2D eigenvalue weighted by atomic mass is 32.1. The molecule has 0 amide bonds. The number of aryl methyl sites for hydroxylation is 1. The van der Waals surface area contributed by atoms with Crippen molar-refractivity contribution in [2.75, 3.05) is 0 Å². The minimum atomic E-state index is -0.392. The summed E-state index contributed by atoms with van der Waals surface area (Å²) in [7, 11) is 0. The predicted molar refractivity (Wildman–Crippen MR) is 103 cm³/mol. The van der Waals surface area contributed by atoms with E-state index in [1.807, 2.05) is 18.2 Å². The summed E-state index contributed by atoms with van der Waals surface area (Å²) in [6.45, 7) is 2.30. The lowest BCUT2D eigenvalue weighted by Crippen LogP contribution is -2.36. The Morgan fingerprint density at radius 2 is 2.04 bits per heavy atom. The van der Waals surface area contributed by atoms with Crippen molar-refractivity contribution in [2.24, 2.45) is 0 Å². The van der Waals surface area contributed by atoms with Crippen molar-refractivity contribution in [3.63, 3.8) is 0 Å². The second-order valence-corrected chi connectivity index (χ2v) is 7.79. The molecule has 1 fully saturated rings. The van der Waals surface area contributed by atoms with Crippen molar-refractivity contribution in [2.45, 2.75) is 38.4 Å². The van der Waals surface area contributed by atoms with Crippen LogP contribution < -0.4 is 0 Å². The fraction of sp³-hybridized carbons (Fsp3) is 0.300. The average molecular weight is 381 g/mol. The third-order valence-electron chi connectivity index (χ3n) is 4.82. The lowest BCUT2D eigenvalue weighted by atomic mass is 9.80. The fourth-order valence-electron chi connectivity index (χ4n) is 3.20. The highest BCUT2D eigenvalue weighted by Gasteiger charge is 2.42. The summed E-state index contributed by atoms with van der Waals surface area (Å²) in [6.07, 6.45) is 4.73. The first-order valence-corrected chi connectivity index (χ1v) is 9.65. The van der Waals surface area contributed by atoms with Gasteiger partial charge in [0.2, 0.25) is 0 Å². The minimum Gasteiger partial charge on any atom is -0.363 e. The molecule has 138 valence electrons. The average Bonchev–Trinajstić information content (AvgIpc) is 3.11. The Labute approximate surface area is 161 Å². The lowest BCUT2D eigenvalue weighted by Gasteiger charge is -2.39. The second kappa shape index (κ2) is 7.17. The second-order valence-electron chi connectivity index (χ2n) is 6.76. The first-order chi connectivity index (χ1) is 13.1. The molecule has 0 radical (unpaired) electrons. The van der Waals surface area contributed by atoms with E-state index in [1.165, 1.54) is 23.5 Å². The predicted octanol–water partition coefficient (Wildman–Crippen LogP) is 5.02. The van der Waals surface area contributed by atoms with Gasteiger partial charge in [-0.1, -0.05) is 30.3 Å². The van der Waals surface area contributed by atoms with Gasteiger partial charge in [-0.05, 0) is 31.7 Å². The molecule has 1 aromatic carbocycles. The van der Waals surface area contributed by atoms with Crippen molar-refractivity contribution < 1.29 is 9.66 Å².